The molecule has 5 N–H and O–H groups in total. The van der Waals surface area contributed by atoms with Crippen LogP contribution in [0.4, 0.5) is 0 Å². The van der Waals surface area contributed by atoms with Gasteiger partial charge in [-0.15, -0.1) is 0 Å². The lowest BCUT2D eigenvalue weighted by atomic mass is 10.2. The average molecular weight is 273 g/mol. The van der Waals surface area contributed by atoms with E-state index >= 15 is 0 Å². The fourth-order valence-electron chi connectivity index (χ4n) is 1.01. The molecule has 0 saturated carbocycles. The second kappa shape index (κ2) is 15.8. The van der Waals surface area contributed by atoms with Crippen molar-refractivity contribution in [3.63, 3.8) is 0 Å². The van der Waals surface area contributed by atoms with E-state index in [2.05, 4.69) is 13.8 Å². The van der Waals surface area contributed by atoms with Crippen LogP contribution in [0.15, 0.2) is 0 Å². The molecule has 0 aliphatic heterocycles. The largest absolute Gasteiger partial charge is 0.394 e. The first-order valence-electron chi connectivity index (χ1n) is 5.69. The van der Waals surface area contributed by atoms with Gasteiger partial charge in [-0.25, -0.2) is 0 Å². The molecule has 0 unspecified atom stereocenters. The predicted octanol–water partition coefficient (Wildman–Crippen LogP) is 2.89. The van der Waals surface area contributed by atoms with E-state index in [9.17, 15) is 0 Å². The molecule has 0 aliphatic rings. The van der Waals surface area contributed by atoms with Crippen LogP contribution in [0.5, 0.6) is 0 Å². The number of unbranched alkanes of at least 4 members (excludes halogenated alkanes) is 4. The molecule has 17 heavy (non-hydrogen) atoms. The van der Waals surface area contributed by atoms with Gasteiger partial charge in [0, 0.05) is 13.2 Å². The third-order valence-corrected chi connectivity index (χ3v) is 1.78. The number of hydrogen-bond acceptors (Lipinski definition) is 4. The molecule has 0 fully saturated rings. The molecule has 0 bridgehead atoms. The Bertz CT molecular complexity index is 203. The second-order valence-electron chi connectivity index (χ2n) is 3.47. The molecule has 7 heteroatoms. The van der Waals surface area contributed by atoms with Gasteiger partial charge in [0.25, 0.3) is 0 Å². The van der Waals surface area contributed by atoms with Gasteiger partial charge in [0.1, 0.15) is 0 Å². The zero-order valence-electron chi connectivity index (χ0n) is 10.9. The SMILES string of the molecule is CCCCCOCCCCC.N.O=S(=O)(O)O. The Balaban J connectivity index is -0.000000280. The summed E-state index contributed by atoms with van der Waals surface area (Å²) in [6.45, 7) is 6.38. The molecular formula is C10H27NO5S. The van der Waals surface area contributed by atoms with Crippen LogP contribution in [0.1, 0.15) is 52.4 Å². The minimum atomic E-state index is -4.67. The molecule has 0 aliphatic carbocycles. The summed E-state index contributed by atoms with van der Waals surface area (Å²) in [5, 5.41) is 0. The Morgan fingerprint density at radius 1 is 0.882 bits per heavy atom. The van der Waals surface area contributed by atoms with Gasteiger partial charge >= 0.3 is 10.4 Å². The quantitative estimate of drug-likeness (QED) is 0.462. The maximum Gasteiger partial charge on any atom is 0.394 e. The molecular weight excluding hydrogens is 246 g/mol. The van der Waals surface area contributed by atoms with E-state index in [4.69, 9.17) is 22.3 Å². The van der Waals surface area contributed by atoms with Crippen molar-refractivity contribution in [2.24, 2.45) is 0 Å². The molecule has 0 atom stereocenters. The summed E-state index contributed by atoms with van der Waals surface area (Å²) in [6, 6.07) is 0. The summed E-state index contributed by atoms with van der Waals surface area (Å²) in [5.74, 6) is 0. The molecule has 108 valence electrons. The second-order valence-corrected chi connectivity index (χ2v) is 4.37. The van der Waals surface area contributed by atoms with Crippen LogP contribution in [0.3, 0.4) is 0 Å². The van der Waals surface area contributed by atoms with E-state index < -0.39 is 10.4 Å². The van der Waals surface area contributed by atoms with Crippen molar-refractivity contribution in [1.29, 1.82) is 0 Å². The summed E-state index contributed by atoms with van der Waals surface area (Å²) < 4.78 is 37.0. The predicted molar refractivity (Wildman–Crippen MR) is 69.1 cm³/mol. The van der Waals surface area contributed by atoms with Gasteiger partial charge in [-0.1, -0.05) is 39.5 Å². The fourth-order valence-corrected chi connectivity index (χ4v) is 1.01. The van der Waals surface area contributed by atoms with Crippen LogP contribution < -0.4 is 6.15 Å². The summed E-state index contributed by atoms with van der Waals surface area (Å²) in [6.07, 6.45) is 7.68. The average Bonchev–Trinajstić information content (AvgIpc) is 2.14. The number of hydrogen-bond donors (Lipinski definition) is 3. The molecule has 0 saturated heterocycles. The molecule has 0 rings (SSSR count). The molecule has 6 nitrogen and oxygen atoms in total. The fraction of sp³-hybridized carbons (Fsp3) is 1.00. The lowest BCUT2D eigenvalue weighted by Gasteiger charge is -2.01. The first-order valence-corrected chi connectivity index (χ1v) is 7.09. The van der Waals surface area contributed by atoms with Gasteiger partial charge in [-0.3, -0.25) is 9.11 Å². The van der Waals surface area contributed by atoms with E-state index in [-0.39, 0.29) is 6.15 Å². The summed E-state index contributed by atoms with van der Waals surface area (Å²) >= 11 is 0. The lowest BCUT2D eigenvalue weighted by molar-refractivity contribution is 0.126. The zero-order chi connectivity index (χ0) is 12.9. The van der Waals surface area contributed by atoms with Gasteiger partial charge in [-0.05, 0) is 12.8 Å². The molecule has 0 heterocycles. The van der Waals surface area contributed by atoms with E-state index in [1.54, 1.807) is 0 Å². The van der Waals surface area contributed by atoms with E-state index in [0.29, 0.717) is 0 Å². The number of rotatable bonds is 8. The van der Waals surface area contributed by atoms with Gasteiger partial charge in [0.2, 0.25) is 0 Å². The lowest BCUT2D eigenvalue weighted by Crippen LogP contribution is -1.96. The van der Waals surface area contributed by atoms with E-state index in [0.717, 1.165) is 13.2 Å². The topological polar surface area (TPSA) is 119 Å². The van der Waals surface area contributed by atoms with Crippen molar-refractivity contribution in [3.8, 4) is 0 Å². The Kier molecular flexibility index (Phi) is 20.4. The molecule has 0 amide bonds. The molecule has 0 aromatic carbocycles. The Morgan fingerprint density at radius 2 is 1.18 bits per heavy atom. The standard InChI is InChI=1S/C10H22O.H3N.H2O4S/c1-3-5-7-9-11-10-8-6-4-2;;1-5(2,3)4/h3-10H2,1-2H3;1H3;(H2,1,2,3,4). The molecule has 0 radical (unpaired) electrons. The Labute approximate surface area is 105 Å². The highest BCUT2D eigenvalue weighted by atomic mass is 32.3. The van der Waals surface area contributed by atoms with Crippen LogP contribution in [-0.4, -0.2) is 30.7 Å². The zero-order valence-corrected chi connectivity index (χ0v) is 11.7. The van der Waals surface area contributed by atoms with Crippen molar-refractivity contribution < 1.29 is 22.3 Å². The van der Waals surface area contributed by atoms with Crippen LogP contribution in [0.25, 0.3) is 0 Å². The smallest absolute Gasteiger partial charge is 0.381 e. The van der Waals surface area contributed by atoms with Gasteiger partial charge in [0.05, 0.1) is 0 Å². The highest BCUT2D eigenvalue weighted by molar-refractivity contribution is 7.79. The van der Waals surface area contributed by atoms with Crippen LogP contribution in [-0.2, 0) is 15.1 Å². The van der Waals surface area contributed by atoms with Gasteiger partial charge < -0.3 is 10.9 Å². The van der Waals surface area contributed by atoms with Crippen LogP contribution in [0.2, 0.25) is 0 Å². The monoisotopic (exact) mass is 273 g/mol. The van der Waals surface area contributed by atoms with Crippen molar-refractivity contribution >= 4 is 10.4 Å². The van der Waals surface area contributed by atoms with Crippen molar-refractivity contribution in [2.75, 3.05) is 13.2 Å². The van der Waals surface area contributed by atoms with Crippen molar-refractivity contribution in [1.82, 2.24) is 6.15 Å². The third-order valence-electron chi connectivity index (χ3n) is 1.78. The molecule has 0 aromatic rings. The maximum absolute atomic E-state index is 8.74. The molecule has 0 aromatic heterocycles. The highest BCUT2D eigenvalue weighted by Crippen LogP contribution is 1.97. The number of ether oxygens (including phenoxy) is 1. The van der Waals surface area contributed by atoms with Gasteiger partial charge in [0.15, 0.2) is 0 Å². The Morgan fingerprint density at radius 3 is 1.41 bits per heavy atom. The van der Waals surface area contributed by atoms with Crippen molar-refractivity contribution in [3.05, 3.63) is 0 Å². The first-order chi connectivity index (χ1) is 7.41. The summed E-state index contributed by atoms with van der Waals surface area (Å²) in [5.41, 5.74) is 0. The van der Waals surface area contributed by atoms with Crippen molar-refractivity contribution in [2.45, 2.75) is 52.4 Å². The van der Waals surface area contributed by atoms with Crippen LogP contribution >= 0.6 is 0 Å². The summed E-state index contributed by atoms with van der Waals surface area (Å²) in [7, 11) is -4.67. The first kappa shape index (κ1) is 22.0. The maximum atomic E-state index is 8.74. The highest BCUT2D eigenvalue weighted by Gasteiger charge is 1.88. The van der Waals surface area contributed by atoms with E-state index in [1.807, 2.05) is 0 Å². The Hall–Kier alpha value is -0.210. The minimum Gasteiger partial charge on any atom is -0.381 e. The normalized spacial score (nSPS) is 10.1. The van der Waals surface area contributed by atoms with Gasteiger partial charge in [-0.2, -0.15) is 8.42 Å². The third kappa shape index (κ3) is 49.5. The molecule has 0 spiro atoms. The van der Waals surface area contributed by atoms with E-state index in [1.165, 1.54) is 38.5 Å². The minimum absolute atomic E-state index is 0. The summed E-state index contributed by atoms with van der Waals surface area (Å²) in [4.78, 5) is 0. The van der Waals surface area contributed by atoms with Crippen LogP contribution in [0, 0.1) is 0 Å².